The number of rotatable bonds is 4. The van der Waals surface area contributed by atoms with Crippen LogP contribution in [0.25, 0.3) is 0 Å². The maximum atomic E-state index is 13.4. The Bertz CT molecular complexity index is 681. The summed E-state index contributed by atoms with van der Waals surface area (Å²) in [5.74, 6) is -1.31. The minimum absolute atomic E-state index is 0.163. The number of carboxylic acids is 1. The topological polar surface area (TPSA) is 63.3 Å². The van der Waals surface area contributed by atoms with Crippen LogP contribution in [0.15, 0.2) is 35.2 Å². The van der Waals surface area contributed by atoms with Gasteiger partial charge in [0.25, 0.3) is 0 Å². The van der Waals surface area contributed by atoms with Gasteiger partial charge in [-0.25, -0.2) is 9.18 Å². The highest BCUT2D eigenvalue weighted by Crippen LogP contribution is 2.31. The van der Waals surface area contributed by atoms with E-state index in [1.165, 1.54) is 23.9 Å². The molecule has 0 aliphatic heterocycles. The molecule has 21 heavy (non-hydrogen) atoms. The van der Waals surface area contributed by atoms with Crippen LogP contribution in [0.4, 0.5) is 10.1 Å². The van der Waals surface area contributed by atoms with Crippen molar-refractivity contribution in [3.63, 3.8) is 0 Å². The molecule has 110 valence electrons. The number of carboxylic acid groups (broad SMARTS) is 1. The summed E-state index contributed by atoms with van der Waals surface area (Å²) in [6.07, 6.45) is 0. The Balaban J connectivity index is 2.28. The number of carbonyl (C=O) groups is 1. The van der Waals surface area contributed by atoms with Gasteiger partial charge in [-0.1, -0.05) is 29.3 Å². The number of hydrogen-bond donors (Lipinski definition) is 2. The van der Waals surface area contributed by atoms with Crippen LogP contribution in [0.5, 0.6) is 0 Å². The van der Waals surface area contributed by atoms with Crippen LogP contribution in [-0.2, 0) is 5.75 Å². The first-order chi connectivity index (χ1) is 9.88. The molecule has 0 saturated heterocycles. The van der Waals surface area contributed by atoms with E-state index < -0.39 is 11.8 Å². The van der Waals surface area contributed by atoms with E-state index in [0.717, 1.165) is 16.7 Å². The average molecular weight is 305 g/mol. The Morgan fingerprint density at radius 3 is 2.43 bits per heavy atom. The molecule has 0 amide bonds. The van der Waals surface area contributed by atoms with Gasteiger partial charge in [-0.3, -0.25) is 0 Å². The fourth-order valence-corrected chi connectivity index (χ4v) is 3.22. The molecule has 2 aromatic rings. The standard InChI is InChI=1S/C16H16FNO2S/c1-9-5-10(2)7-11(6-9)8-21-13-4-3-12(17)15(18)14(13)16(19)20/h3-7H,8,18H2,1-2H3,(H,19,20). The van der Waals surface area contributed by atoms with Gasteiger partial charge in [0.15, 0.2) is 0 Å². The third-order valence-corrected chi connectivity index (χ3v) is 4.17. The summed E-state index contributed by atoms with van der Waals surface area (Å²) in [6, 6.07) is 8.83. The molecule has 0 spiro atoms. The average Bonchev–Trinajstić information content (AvgIpc) is 2.38. The number of thioether (sulfide) groups is 1. The number of anilines is 1. The number of aryl methyl sites for hydroxylation is 2. The predicted molar refractivity (Wildman–Crippen MR) is 83.2 cm³/mol. The van der Waals surface area contributed by atoms with E-state index in [-0.39, 0.29) is 11.3 Å². The molecule has 0 bridgehead atoms. The zero-order valence-corrected chi connectivity index (χ0v) is 12.6. The molecule has 0 heterocycles. The Labute approximate surface area is 127 Å². The van der Waals surface area contributed by atoms with Gasteiger partial charge in [0.05, 0.1) is 11.3 Å². The van der Waals surface area contributed by atoms with Crippen LogP contribution in [0.3, 0.4) is 0 Å². The van der Waals surface area contributed by atoms with Crippen molar-refractivity contribution in [2.45, 2.75) is 24.5 Å². The van der Waals surface area contributed by atoms with Crippen LogP contribution in [-0.4, -0.2) is 11.1 Å². The molecule has 2 aromatic carbocycles. The monoisotopic (exact) mass is 305 g/mol. The molecule has 0 atom stereocenters. The van der Waals surface area contributed by atoms with Crippen LogP contribution >= 0.6 is 11.8 Å². The zero-order valence-electron chi connectivity index (χ0n) is 11.8. The van der Waals surface area contributed by atoms with Gasteiger partial charge in [0, 0.05) is 10.6 Å². The molecule has 5 heteroatoms. The van der Waals surface area contributed by atoms with Crippen molar-refractivity contribution in [1.29, 1.82) is 0 Å². The first-order valence-electron chi connectivity index (χ1n) is 6.39. The summed E-state index contributed by atoms with van der Waals surface area (Å²) in [5.41, 5.74) is 8.46. The molecule has 3 N–H and O–H groups in total. The van der Waals surface area contributed by atoms with Crippen LogP contribution in [0.1, 0.15) is 27.0 Å². The van der Waals surface area contributed by atoms with Gasteiger partial charge in [0.1, 0.15) is 5.82 Å². The van der Waals surface area contributed by atoms with Crippen molar-refractivity contribution in [2.24, 2.45) is 0 Å². The largest absolute Gasteiger partial charge is 0.478 e. The zero-order chi connectivity index (χ0) is 15.6. The number of nitrogen functional groups attached to an aromatic ring is 1. The maximum absolute atomic E-state index is 13.4. The smallest absolute Gasteiger partial charge is 0.339 e. The normalized spacial score (nSPS) is 10.6. The molecule has 0 radical (unpaired) electrons. The van der Waals surface area contributed by atoms with Crippen LogP contribution < -0.4 is 5.73 Å². The highest BCUT2D eigenvalue weighted by atomic mass is 32.2. The second-order valence-electron chi connectivity index (χ2n) is 4.92. The van der Waals surface area contributed by atoms with E-state index in [9.17, 15) is 14.3 Å². The Morgan fingerprint density at radius 1 is 1.24 bits per heavy atom. The van der Waals surface area contributed by atoms with Gasteiger partial charge in [0.2, 0.25) is 0 Å². The van der Waals surface area contributed by atoms with Crippen LogP contribution in [0.2, 0.25) is 0 Å². The lowest BCUT2D eigenvalue weighted by atomic mass is 10.1. The van der Waals surface area contributed by atoms with Crippen molar-refractivity contribution in [3.05, 3.63) is 58.4 Å². The molecule has 0 aromatic heterocycles. The molecule has 0 unspecified atom stereocenters. The molecule has 0 fully saturated rings. The summed E-state index contributed by atoms with van der Waals surface area (Å²) in [6.45, 7) is 4.03. The Hall–Kier alpha value is -2.01. The third kappa shape index (κ3) is 3.55. The highest BCUT2D eigenvalue weighted by molar-refractivity contribution is 7.98. The molecule has 0 saturated carbocycles. The minimum atomic E-state index is -1.21. The van der Waals surface area contributed by atoms with Crippen molar-refractivity contribution >= 4 is 23.4 Å². The predicted octanol–water partition coefficient (Wildman–Crippen LogP) is 4.02. The number of nitrogens with two attached hydrogens (primary N) is 1. The molecular weight excluding hydrogens is 289 g/mol. The lowest BCUT2D eigenvalue weighted by Crippen LogP contribution is -2.06. The number of halogens is 1. The first-order valence-corrected chi connectivity index (χ1v) is 7.38. The van der Waals surface area contributed by atoms with E-state index in [1.54, 1.807) is 0 Å². The molecule has 3 nitrogen and oxygen atoms in total. The summed E-state index contributed by atoms with van der Waals surface area (Å²) in [4.78, 5) is 11.7. The van der Waals surface area contributed by atoms with Crippen molar-refractivity contribution < 1.29 is 14.3 Å². The summed E-state index contributed by atoms with van der Waals surface area (Å²) in [5, 5.41) is 9.20. The number of benzene rings is 2. The Kier molecular flexibility index (Phi) is 4.53. The summed E-state index contributed by atoms with van der Waals surface area (Å²) >= 11 is 1.34. The molecule has 0 aliphatic rings. The third-order valence-electron chi connectivity index (χ3n) is 3.04. The molecule has 2 rings (SSSR count). The SMILES string of the molecule is Cc1cc(C)cc(CSc2ccc(F)c(N)c2C(=O)O)c1. The first kappa shape index (κ1) is 15.4. The van der Waals surface area contributed by atoms with Crippen molar-refractivity contribution in [1.82, 2.24) is 0 Å². The summed E-state index contributed by atoms with van der Waals surface area (Å²) < 4.78 is 13.4. The number of hydrogen-bond acceptors (Lipinski definition) is 3. The highest BCUT2D eigenvalue weighted by Gasteiger charge is 2.17. The van der Waals surface area contributed by atoms with E-state index in [2.05, 4.69) is 6.07 Å². The minimum Gasteiger partial charge on any atom is -0.478 e. The fourth-order valence-electron chi connectivity index (χ4n) is 2.23. The fraction of sp³-hybridized carbons (Fsp3) is 0.188. The summed E-state index contributed by atoms with van der Waals surface area (Å²) in [7, 11) is 0. The van der Waals surface area contributed by atoms with Crippen LogP contribution in [0, 0.1) is 19.7 Å². The second kappa shape index (κ2) is 6.18. The van der Waals surface area contributed by atoms with Gasteiger partial charge >= 0.3 is 5.97 Å². The van der Waals surface area contributed by atoms with Gasteiger partial charge in [-0.15, -0.1) is 11.8 Å². The lowest BCUT2D eigenvalue weighted by molar-refractivity contribution is 0.0694. The van der Waals surface area contributed by atoms with Gasteiger partial charge in [-0.05, 0) is 31.5 Å². The quantitative estimate of drug-likeness (QED) is 0.661. The van der Waals surface area contributed by atoms with E-state index >= 15 is 0 Å². The molecular formula is C16H16FNO2S. The number of aromatic carboxylic acids is 1. The van der Waals surface area contributed by atoms with Crippen molar-refractivity contribution in [3.8, 4) is 0 Å². The lowest BCUT2D eigenvalue weighted by Gasteiger charge is -2.10. The molecule has 0 aliphatic carbocycles. The van der Waals surface area contributed by atoms with E-state index in [0.29, 0.717) is 10.6 Å². The van der Waals surface area contributed by atoms with Crippen molar-refractivity contribution in [2.75, 3.05) is 5.73 Å². The van der Waals surface area contributed by atoms with E-state index in [1.807, 2.05) is 26.0 Å². The maximum Gasteiger partial charge on any atom is 0.339 e. The van der Waals surface area contributed by atoms with Gasteiger partial charge in [-0.2, -0.15) is 0 Å². The van der Waals surface area contributed by atoms with E-state index in [4.69, 9.17) is 5.73 Å². The van der Waals surface area contributed by atoms with Gasteiger partial charge < -0.3 is 10.8 Å². The Morgan fingerprint density at radius 2 is 1.86 bits per heavy atom. The second-order valence-corrected chi connectivity index (χ2v) is 5.94.